The van der Waals surface area contributed by atoms with Crippen molar-refractivity contribution >= 4 is 51.6 Å². The van der Waals surface area contributed by atoms with E-state index < -0.39 is 45.6 Å². The van der Waals surface area contributed by atoms with Gasteiger partial charge in [0.05, 0.1) is 17.8 Å². The Balaban J connectivity index is 1.57. The van der Waals surface area contributed by atoms with E-state index in [0.29, 0.717) is 28.5 Å². The van der Waals surface area contributed by atoms with E-state index in [1.165, 1.54) is 12.1 Å². The van der Waals surface area contributed by atoms with Crippen LogP contribution in [-0.2, 0) is 0 Å². The molecule has 4 rings (SSSR count). The number of amides is 1. The van der Waals surface area contributed by atoms with Crippen LogP contribution >= 0.6 is 23.8 Å². The van der Waals surface area contributed by atoms with Crippen LogP contribution in [0.15, 0.2) is 40.8 Å². The van der Waals surface area contributed by atoms with Crippen molar-refractivity contribution in [1.29, 1.82) is 0 Å². The highest BCUT2D eigenvalue weighted by molar-refractivity contribution is 7.80. The van der Waals surface area contributed by atoms with Crippen LogP contribution in [0.2, 0.25) is 5.02 Å². The number of halogens is 5. The molecule has 0 bridgehead atoms. The zero-order chi connectivity index (χ0) is 27.0. The number of hydrogen-bond donors (Lipinski definition) is 2. The van der Waals surface area contributed by atoms with Crippen LogP contribution < -0.4 is 15.4 Å². The molecule has 0 unspecified atom stereocenters. The number of carbonyl (C=O) groups excluding carboxylic acids is 1. The predicted octanol–water partition coefficient (Wildman–Crippen LogP) is 6.96. The predicted molar refractivity (Wildman–Crippen MR) is 135 cm³/mol. The molecule has 0 saturated heterocycles. The molecule has 0 aliphatic carbocycles. The van der Waals surface area contributed by atoms with Gasteiger partial charge in [-0.25, -0.2) is 13.8 Å². The molecular weight excluding hydrogens is 534 g/mol. The Morgan fingerprint density at radius 2 is 1.73 bits per heavy atom. The van der Waals surface area contributed by atoms with Crippen molar-refractivity contribution in [2.75, 3.05) is 12.4 Å². The first kappa shape index (κ1) is 26.4. The number of thiocarbonyl (C=S) groups is 1. The van der Waals surface area contributed by atoms with Crippen LogP contribution in [0.3, 0.4) is 0 Å². The molecule has 0 atom stereocenters. The molecule has 192 valence electrons. The van der Waals surface area contributed by atoms with E-state index in [9.17, 15) is 22.4 Å². The first-order chi connectivity index (χ1) is 17.5. The number of rotatable bonds is 5. The highest BCUT2D eigenvalue weighted by atomic mass is 35.5. The van der Waals surface area contributed by atoms with Gasteiger partial charge in [0.2, 0.25) is 17.5 Å². The average Bonchev–Trinajstić information content (AvgIpc) is 3.28. The summed E-state index contributed by atoms with van der Waals surface area (Å²) >= 11 is 11.2. The Kier molecular flexibility index (Phi) is 7.37. The SMILES string of the molecule is COc1c(F)c(F)c(C(=O)NC(=S)Nc2cc(-c3nc4cc(C(C)C)ccc4o3)ccc2Cl)c(F)c1F. The maximum atomic E-state index is 14.3. The van der Waals surface area contributed by atoms with Crippen LogP contribution in [0.25, 0.3) is 22.6 Å². The molecule has 0 aliphatic rings. The lowest BCUT2D eigenvalue weighted by Gasteiger charge is -2.13. The van der Waals surface area contributed by atoms with E-state index in [0.717, 1.165) is 12.7 Å². The number of carbonyl (C=O) groups is 1. The minimum absolute atomic E-state index is 0.178. The minimum atomic E-state index is -1.94. The molecule has 0 saturated carbocycles. The summed E-state index contributed by atoms with van der Waals surface area (Å²) < 4.78 is 66.6. The number of nitrogens with one attached hydrogen (secondary N) is 2. The fourth-order valence-electron chi connectivity index (χ4n) is 3.49. The Morgan fingerprint density at radius 1 is 1.05 bits per heavy atom. The number of ether oxygens (including phenoxy) is 1. The molecule has 0 fully saturated rings. The Bertz CT molecular complexity index is 1530. The number of anilines is 1. The summed E-state index contributed by atoms with van der Waals surface area (Å²) in [6, 6.07) is 10.4. The second-order valence-electron chi connectivity index (χ2n) is 8.17. The fourth-order valence-corrected chi connectivity index (χ4v) is 3.86. The lowest BCUT2D eigenvalue weighted by Crippen LogP contribution is -2.35. The van der Waals surface area contributed by atoms with Gasteiger partial charge in [-0.15, -0.1) is 0 Å². The quantitative estimate of drug-likeness (QED) is 0.159. The largest absolute Gasteiger partial charge is 0.491 e. The standard InChI is InChI=1S/C25H18ClF4N3O3S/c1-10(2)11-5-7-16-15(8-11)31-24(36-16)12-4-6-13(26)14(9-12)32-25(37)33-23(34)17-18(27)20(29)22(35-3)21(30)19(17)28/h4-10H,1-3H3,(H2,32,33,34,37). The fraction of sp³-hybridized carbons (Fsp3) is 0.160. The van der Waals surface area contributed by atoms with Crippen molar-refractivity contribution in [3.05, 3.63) is 75.8 Å². The monoisotopic (exact) mass is 551 g/mol. The average molecular weight is 552 g/mol. The Hall–Kier alpha value is -3.70. The summed E-state index contributed by atoms with van der Waals surface area (Å²) in [6.07, 6.45) is 0. The molecule has 12 heteroatoms. The summed E-state index contributed by atoms with van der Waals surface area (Å²) in [4.78, 5) is 16.9. The highest BCUT2D eigenvalue weighted by Crippen LogP contribution is 2.32. The van der Waals surface area contributed by atoms with Crippen molar-refractivity contribution in [3.8, 4) is 17.2 Å². The number of fused-ring (bicyclic) bond motifs is 1. The number of benzene rings is 3. The van der Waals surface area contributed by atoms with E-state index in [1.807, 2.05) is 23.5 Å². The molecule has 1 aromatic heterocycles. The van der Waals surface area contributed by atoms with Gasteiger partial charge in [0.1, 0.15) is 11.1 Å². The molecule has 2 N–H and O–H groups in total. The van der Waals surface area contributed by atoms with Crippen molar-refractivity contribution in [2.45, 2.75) is 19.8 Å². The molecule has 3 aromatic carbocycles. The van der Waals surface area contributed by atoms with Crippen LogP contribution in [0, 0.1) is 23.3 Å². The first-order valence-electron chi connectivity index (χ1n) is 10.7. The van der Waals surface area contributed by atoms with Gasteiger partial charge in [-0.05, 0) is 54.0 Å². The summed E-state index contributed by atoms with van der Waals surface area (Å²) in [7, 11) is 0.820. The van der Waals surface area contributed by atoms with E-state index in [4.69, 9.17) is 28.2 Å². The number of methoxy groups -OCH3 is 1. The molecule has 6 nitrogen and oxygen atoms in total. The van der Waals surface area contributed by atoms with Crippen molar-refractivity contribution < 1.29 is 31.5 Å². The molecule has 1 heterocycles. The molecule has 37 heavy (non-hydrogen) atoms. The van der Waals surface area contributed by atoms with E-state index in [1.54, 1.807) is 6.07 Å². The second-order valence-corrected chi connectivity index (χ2v) is 8.98. The van der Waals surface area contributed by atoms with Crippen LogP contribution in [0.5, 0.6) is 5.75 Å². The molecule has 1 amide bonds. The highest BCUT2D eigenvalue weighted by Gasteiger charge is 2.30. The topological polar surface area (TPSA) is 76.4 Å². The van der Waals surface area contributed by atoms with Gasteiger partial charge in [0.15, 0.2) is 28.1 Å². The van der Waals surface area contributed by atoms with Crippen molar-refractivity contribution in [1.82, 2.24) is 10.3 Å². The Labute approximate surface area is 218 Å². The maximum absolute atomic E-state index is 14.3. The van der Waals surface area contributed by atoms with Crippen LogP contribution in [0.4, 0.5) is 23.2 Å². The molecule has 0 aliphatic heterocycles. The first-order valence-corrected chi connectivity index (χ1v) is 11.5. The number of nitrogens with zero attached hydrogens (tertiary/aromatic N) is 1. The molecule has 0 spiro atoms. The normalized spacial score (nSPS) is 11.2. The lowest BCUT2D eigenvalue weighted by atomic mass is 10.0. The van der Waals surface area contributed by atoms with Gasteiger partial charge < -0.3 is 14.5 Å². The number of oxazole rings is 1. The number of hydrogen-bond acceptors (Lipinski definition) is 5. The van der Waals surface area contributed by atoms with E-state index in [2.05, 4.69) is 28.9 Å². The van der Waals surface area contributed by atoms with Gasteiger partial charge in [0.25, 0.3) is 5.91 Å². The van der Waals surface area contributed by atoms with Gasteiger partial charge in [-0.1, -0.05) is 31.5 Å². The molecular formula is C25H18ClF4N3O3S. The maximum Gasteiger partial charge on any atom is 0.263 e. The van der Waals surface area contributed by atoms with Gasteiger partial charge >= 0.3 is 0 Å². The number of aromatic nitrogens is 1. The lowest BCUT2D eigenvalue weighted by molar-refractivity contribution is 0.0966. The van der Waals surface area contributed by atoms with E-state index >= 15 is 0 Å². The summed E-state index contributed by atoms with van der Waals surface area (Å²) in [5.41, 5.74) is 1.54. The van der Waals surface area contributed by atoms with Gasteiger partial charge in [-0.3, -0.25) is 10.1 Å². The third-order valence-corrected chi connectivity index (χ3v) is 5.95. The van der Waals surface area contributed by atoms with Gasteiger partial charge in [-0.2, -0.15) is 8.78 Å². The summed E-state index contributed by atoms with van der Waals surface area (Å²) in [6.45, 7) is 4.12. The molecule has 4 aromatic rings. The molecule has 0 radical (unpaired) electrons. The third kappa shape index (κ3) is 5.09. The smallest absolute Gasteiger partial charge is 0.263 e. The zero-order valence-electron chi connectivity index (χ0n) is 19.5. The van der Waals surface area contributed by atoms with E-state index in [-0.39, 0.29) is 10.7 Å². The second kappa shape index (κ2) is 10.3. The van der Waals surface area contributed by atoms with Crippen LogP contribution in [0.1, 0.15) is 35.7 Å². The van der Waals surface area contributed by atoms with Gasteiger partial charge in [0, 0.05) is 5.56 Å². The summed E-state index contributed by atoms with van der Waals surface area (Å²) in [5, 5.41) is 4.32. The summed E-state index contributed by atoms with van der Waals surface area (Å²) in [5.74, 6) is -9.82. The Morgan fingerprint density at radius 3 is 2.35 bits per heavy atom. The third-order valence-electron chi connectivity index (χ3n) is 5.42. The minimum Gasteiger partial charge on any atom is -0.491 e. The zero-order valence-corrected chi connectivity index (χ0v) is 21.1. The van der Waals surface area contributed by atoms with Crippen LogP contribution in [-0.4, -0.2) is 23.1 Å². The van der Waals surface area contributed by atoms with Crippen molar-refractivity contribution in [2.24, 2.45) is 0 Å². The van der Waals surface area contributed by atoms with Crippen molar-refractivity contribution in [3.63, 3.8) is 0 Å².